The van der Waals surface area contributed by atoms with Gasteiger partial charge >= 0.3 is 0 Å². The maximum absolute atomic E-state index is 4.42. The first-order chi connectivity index (χ1) is 16.6. The van der Waals surface area contributed by atoms with Gasteiger partial charge in [-0.25, -0.2) is 0 Å². The van der Waals surface area contributed by atoms with Crippen molar-refractivity contribution in [2.75, 3.05) is 19.6 Å². The van der Waals surface area contributed by atoms with Crippen molar-refractivity contribution >= 4 is 11.6 Å². The van der Waals surface area contributed by atoms with Gasteiger partial charge in [0, 0.05) is 0 Å². The van der Waals surface area contributed by atoms with Crippen molar-refractivity contribution < 1.29 is 0 Å². The minimum atomic E-state index is 0.635. The molecule has 1 aliphatic heterocycles. The van der Waals surface area contributed by atoms with E-state index in [0.717, 1.165) is 19.3 Å². The molecule has 0 amide bonds. The summed E-state index contributed by atoms with van der Waals surface area (Å²) in [7, 11) is 0. The Hall–Kier alpha value is -2.38. The van der Waals surface area contributed by atoms with Crippen LogP contribution >= 0.6 is 0 Å². The van der Waals surface area contributed by atoms with Gasteiger partial charge in [0.25, 0.3) is 0 Å². The highest BCUT2D eigenvalue weighted by atomic mass is 15.1. The molecule has 2 aromatic rings. The Morgan fingerprint density at radius 2 is 1.56 bits per heavy atom. The minimum Gasteiger partial charge on any atom is -0.303 e. The molecule has 1 fully saturated rings. The molecule has 0 aliphatic carbocycles. The van der Waals surface area contributed by atoms with E-state index in [1.54, 1.807) is 0 Å². The molecule has 1 nitrogen and oxygen atoms in total. The van der Waals surface area contributed by atoms with Gasteiger partial charge in [-0.05, 0) is 107 Å². The highest BCUT2D eigenvalue weighted by Gasteiger charge is 2.14. The first-order valence-corrected chi connectivity index (χ1v) is 13.5. The number of rotatable bonds is 15. The Balaban J connectivity index is 1.35. The molecule has 3 rings (SSSR count). The number of hydrogen-bond acceptors (Lipinski definition) is 1. The van der Waals surface area contributed by atoms with Gasteiger partial charge in [0.05, 0.1) is 0 Å². The van der Waals surface area contributed by atoms with Crippen LogP contribution in [-0.4, -0.2) is 24.5 Å². The van der Waals surface area contributed by atoms with Crippen molar-refractivity contribution in [3.8, 4) is 0 Å². The van der Waals surface area contributed by atoms with Crippen molar-refractivity contribution in [1.82, 2.24) is 4.90 Å². The van der Waals surface area contributed by atoms with Crippen LogP contribution in [0.3, 0.4) is 0 Å². The van der Waals surface area contributed by atoms with Gasteiger partial charge in [-0.15, -0.1) is 0 Å². The van der Waals surface area contributed by atoms with E-state index in [1.807, 2.05) is 0 Å². The molecule has 2 aromatic carbocycles. The molecule has 1 saturated heterocycles. The smallest absolute Gasteiger partial charge is 0.00131 e. The molecule has 0 bridgehead atoms. The van der Waals surface area contributed by atoms with E-state index in [1.165, 1.54) is 92.4 Å². The molecule has 1 heterocycles. The monoisotopic (exact) mass is 455 g/mol. The van der Waals surface area contributed by atoms with Crippen molar-refractivity contribution in [2.45, 2.75) is 71.1 Å². The fourth-order valence-electron chi connectivity index (χ4n) is 4.84. The summed E-state index contributed by atoms with van der Waals surface area (Å²) in [4.78, 5) is 2.64. The summed E-state index contributed by atoms with van der Waals surface area (Å²) in [6, 6.07) is 19.5. The van der Waals surface area contributed by atoms with Gasteiger partial charge in [-0.1, -0.05) is 97.5 Å². The lowest BCUT2D eigenvalue weighted by Gasteiger charge is -2.19. The van der Waals surface area contributed by atoms with Crippen LogP contribution in [0, 0.1) is 12.8 Å². The lowest BCUT2D eigenvalue weighted by atomic mass is 9.93. The third-order valence-electron chi connectivity index (χ3n) is 7.21. The summed E-state index contributed by atoms with van der Waals surface area (Å²) >= 11 is 0. The maximum Gasteiger partial charge on any atom is -0.00131 e. The SMILES string of the molecule is C=C(CCCCCC(=C)c1ccc(C)cc1)CCC(/C=C/c1ccccc1)CCN1CCCC1. The van der Waals surface area contributed by atoms with E-state index in [9.17, 15) is 0 Å². The zero-order valence-electron chi connectivity index (χ0n) is 21.5. The molecule has 34 heavy (non-hydrogen) atoms. The molecule has 1 heteroatoms. The maximum atomic E-state index is 4.42. The van der Waals surface area contributed by atoms with Crippen LogP contribution in [0.1, 0.15) is 80.9 Å². The molecule has 1 aliphatic rings. The highest BCUT2D eigenvalue weighted by molar-refractivity contribution is 5.63. The number of hydrogen-bond donors (Lipinski definition) is 0. The van der Waals surface area contributed by atoms with E-state index >= 15 is 0 Å². The molecule has 0 N–H and O–H groups in total. The Labute approximate surface area is 209 Å². The van der Waals surface area contributed by atoms with Crippen LogP contribution in [0.5, 0.6) is 0 Å². The number of allylic oxidation sites excluding steroid dienone is 3. The summed E-state index contributed by atoms with van der Waals surface area (Å²) in [5, 5.41) is 0. The first kappa shape index (κ1) is 26.2. The van der Waals surface area contributed by atoms with Gasteiger partial charge in [-0.3, -0.25) is 0 Å². The zero-order chi connectivity index (χ0) is 24.0. The van der Waals surface area contributed by atoms with Crippen LogP contribution in [0.2, 0.25) is 0 Å². The predicted octanol–water partition coefficient (Wildman–Crippen LogP) is 9.11. The summed E-state index contributed by atoms with van der Waals surface area (Å²) < 4.78 is 0. The highest BCUT2D eigenvalue weighted by Crippen LogP contribution is 2.24. The lowest BCUT2D eigenvalue weighted by molar-refractivity contribution is 0.312. The van der Waals surface area contributed by atoms with Crippen molar-refractivity contribution in [2.24, 2.45) is 5.92 Å². The molecular formula is C33H45N. The predicted molar refractivity (Wildman–Crippen MR) is 151 cm³/mol. The van der Waals surface area contributed by atoms with E-state index in [2.05, 4.69) is 91.7 Å². The summed E-state index contributed by atoms with van der Waals surface area (Å²) in [5.41, 5.74) is 6.60. The van der Waals surface area contributed by atoms with Gasteiger partial charge in [0.2, 0.25) is 0 Å². The Morgan fingerprint density at radius 3 is 2.29 bits per heavy atom. The Morgan fingerprint density at radius 1 is 0.853 bits per heavy atom. The second kappa shape index (κ2) is 14.8. The average Bonchev–Trinajstić information content (AvgIpc) is 3.38. The molecule has 182 valence electrons. The minimum absolute atomic E-state index is 0.635. The lowest BCUT2D eigenvalue weighted by Crippen LogP contribution is -2.22. The van der Waals surface area contributed by atoms with Crippen LogP contribution in [0.15, 0.2) is 79.4 Å². The quantitative estimate of drug-likeness (QED) is 0.191. The molecule has 0 aromatic heterocycles. The standard InChI is InChI=1S/C33H45N/c1-28(12-6-4-7-13-30(3)33-22-17-29(2)18-23-33)16-19-32(24-27-34-25-10-11-26-34)21-20-31-14-8-5-9-15-31/h5,8-9,14-15,17-18,20-23,32H,1,3-4,6-7,10-13,16,19,24-27H2,2H3/b21-20+. The fraction of sp³-hybridized carbons (Fsp3) is 0.455. The van der Waals surface area contributed by atoms with Gasteiger partial charge in [-0.2, -0.15) is 0 Å². The average molecular weight is 456 g/mol. The number of nitrogens with zero attached hydrogens (tertiary/aromatic N) is 1. The van der Waals surface area contributed by atoms with Crippen molar-refractivity contribution in [3.63, 3.8) is 0 Å². The molecular weight excluding hydrogens is 410 g/mol. The topological polar surface area (TPSA) is 3.24 Å². The second-order valence-corrected chi connectivity index (χ2v) is 10.2. The van der Waals surface area contributed by atoms with E-state index in [0.29, 0.717) is 5.92 Å². The third kappa shape index (κ3) is 9.85. The largest absolute Gasteiger partial charge is 0.303 e. The van der Waals surface area contributed by atoms with Crippen molar-refractivity contribution in [1.29, 1.82) is 0 Å². The zero-order valence-corrected chi connectivity index (χ0v) is 21.5. The molecule has 0 radical (unpaired) electrons. The van der Waals surface area contributed by atoms with Gasteiger partial charge in [0.15, 0.2) is 0 Å². The van der Waals surface area contributed by atoms with Crippen LogP contribution in [-0.2, 0) is 0 Å². The number of unbranched alkanes of at least 4 members (excludes halogenated alkanes) is 2. The van der Waals surface area contributed by atoms with Gasteiger partial charge < -0.3 is 4.90 Å². The van der Waals surface area contributed by atoms with E-state index in [-0.39, 0.29) is 0 Å². The molecule has 1 unspecified atom stereocenters. The number of likely N-dealkylation sites (tertiary alicyclic amines) is 1. The summed E-state index contributed by atoms with van der Waals surface area (Å²) in [6.45, 7) is 14.7. The second-order valence-electron chi connectivity index (χ2n) is 10.2. The third-order valence-corrected chi connectivity index (χ3v) is 7.21. The Kier molecular flexibility index (Phi) is 11.4. The molecule has 0 spiro atoms. The number of benzene rings is 2. The van der Waals surface area contributed by atoms with Crippen molar-refractivity contribution in [3.05, 3.63) is 96.1 Å². The normalized spacial score (nSPS) is 15.1. The van der Waals surface area contributed by atoms with Crippen LogP contribution in [0.4, 0.5) is 0 Å². The summed E-state index contributed by atoms with van der Waals surface area (Å²) in [5.74, 6) is 0.635. The van der Waals surface area contributed by atoms with Crippen LogP contribution < -0.4 is 0 Å². The van der Waals surface area contributed by atoms with E-state index in [4.69, 9.17) is 0 Å². The number of aryl methyl sites for hydroxylation is 1. The molecule has 0 saturated carbocycles. The Bertz CT molecular complexity index is 884. The van der Waals surface area contributed by atoms with Gasteiger partial charge in [0.1, 0.15) is 0 Å². The fourth-order valence-corrected chi connectivity index (χ4v) is 4.84. The summed E-state index contributed by atoms with van der Waals surface area (Å²) in [6.07, 6.45) is 17.1. The van der Waals surface area contributed by atoms with Crippen LogP contribution in [0.25, 0.3) is 11.6 Å². The first-order valence-electron chi connectivity index (χ1n) is 13.5. The van der Waals surface area contributed by atoms with E-state index < -0.39 is 0 Å². The molecule has 1 atom stereocenters.